The lowest BCUT2D eigenvalue weighted by molar-refractivity contribution is 0.0952. The van der Waals surface area contributed by atoms with Crippen LogP contribution in [-0.2, 0) is 10.0 Å². The molecule has 3 N–H and O–H groups in total. The van der Waals surface area contributed by atoms with Gasteiger partial charge in [-0.25, -0.2) is 13.1 Å². The fourth-order valence-corrected chi connectivity index (χ4v) is 1.91. The molecule has 0 bridgehead atoms. The Kier molecular flexibility index (Phi) is 5.25. The first-order valence-electron chi connectivity index (χ1n) is 5.72. The van der Waals surface area contributed by atoms with E-state index in [0.29, 0.717) is 12.1 Å². The second kappa shape index (κ2) is 6.48. The highest BCUT2D eigenvalue weighted by molar-refractivity contribution is 7.88. The minimum atomic E-state index is -3.21. The van der Waals surface area contributed by atoms with Crippen LogP contribution in [0.4, 0.5) is 0 Å². The van der Waals surface area contributed by atoms with Gasteiger partial charge in [0.1, 0.15) is 5.56 Å². The average molecular weight is 287 g/mol. The number of H-pyrrole nitrogens is 1. The molecule has 0 fully saturated rings. The lowest BCUT2D eigenvalue weighted by atomic mass is 10.2. The van der Waals surface area contributed by atoms with Gasteiger partial charge in [0.25, 0.3) is 11.5 Å². The molecule has 0 saturated heterocycles. The summed E-state index contributed by atoms with van der Waals surface area (Å²) in [5.74, 6) is -0.472. The van der Waals surface area contributed by atoms with Crippen LogP contribution in [0.5, 0.6) is 0 Å². The molecule has 0 radical (unpaired) electrons. The molecule has 1 aromatic heterocycles. The van der Waals surface area contributed by atoms with Crippen molar-refractivity contribution < 1.29 is 13.2 Å². The Morgan fingerprint density at radius 2 is 2.00 bits per heavy atom. The van der Waals surface area contributed by atoms with Crippen LogP contribution in [-0.4, -0.2) is 38.7 Å². The third kappa shape index (κ3) is 5.66. The summed E-state index contributed by atoms with van der Waals surface area (Å²) in [6.07, 6.45) is 1.51. The molecule has 1 rings (SSSR count). The molecule has 106 valence electrons. The fraction of sp³-hybridized carbons (Fsp3) is 0.455. The highest BCUT2D eigenvalue weighted by atomic mass is 32.2. The number of hydrogen-bond acceptors (Lipinski definition) is 4. The second-order valence-electron chi connectivity index (χ2n) is 4.16. The zero-order chi connectivity index (χ0) is 14.5. The molecule has 19 heavy (non-hydrogen) atoms. The summed E-state index contributed by atoms with van der Waals surface area (Å²) in [7, 11) is -3.21. The Balaban J connectivity index is 2.42. The molecule has 1 aromatic rings. The van der Waals surface area contributed by atoms with E-state index in [-0.39, 0.29) is 18.7 Å². The predicted octanol–water partition coefficient (Wildman–Crippen LogP) is -0.648. The summed E-state index contributed by atoms with van der Waals surface area (Å²) in [6.45, 7) is 2.25. The number of carbonyl (C=O) groups excluding carboxylic acids is 1. The molecule has 1 amide bonds. The molecule has 7 nitrogen and oxygen atoms in total. The Labute approximate surface area is 111 Å². The normalized spacial score (nSPS) is 11.3. The van der Waals surface area contributed by atoms with Gasteiger partial charge in [-0.2, -0.15) is 0 Å². The average Bonchev–Trinajstić information content (AvgIpc) is 2.26. The number of amides is 1. The summed E-state index contributed by atoms with van der Waals surface area (Å²) < 4.78 is 23.9. The minimum Gasteiger partial charge on any atom is -0.352 e. The highest BCUT2D eigenvalue weighted by Crippen LogP contribution is 1.93. The topological polar surface area (TPSA) is 108 Å². The summed E-state index contributed by atoms with van der Waals surface area (Å²) in [5.41, 5.74) is 0.285. The van der Waals surface area contributed by atoms with Crippen molar-refractivity contribution in [3.8, 4) is 0 Å². The van der Waals surface area contributed by atoms with Gasteiger partial charge in [-0.05, 0) is 25.5 Å². The van der Waals surface area contributed by atoms with Crippen molar-refractivity contribution in [3.05, 3.63) is 33.7 Å². The second-order valence-corrected chi connectivity index (χ2v) is 5.99. The first kappa shape index (κ1) is 15.4. The van der Waals surface area contributed by atoms with Gasteiger partial charge in [0.05, 0.1) is 6.26 Å². The van der Waals surface area contributed by atoms with Gasteiger partial charge < -0.3 is 10.3 Å². The van der Waals surface area contributed by atoms with Crippen LogP contribution < -0.4 is 15.6 Å². The first-order chi connectivity index (χ1) is 8.79. The minimum absolute atomic E-state index is 0.0432. The molecule has 0 spiro atoms. The molecule has 0 aliphatic carbocycles. The number of carbonyl (C=O) groups is 1. The molecule has 0 aliphatic rings. The monoisotopic (exact) mass is 287 g/mol. The van der Waals surface area contributed by atoms with Gasteiger partial charge in [-0.1, -0.05) is 0 Å². The van der Waals surface area contributed by atoms with Crippen molar-refractivity contribution in [3.63, 3.8) is 0 Å². The number of rotatable bonds is 6. The Morgan fingerprint density at radius 1 is 1.32 bits per heavy atom. The van der Waals surface area contributed by atoms with Crippen LogP contribution in [0, 0.1) is 6.92 Å². The van der Waals surface area contributed by atoms with Crippen molar-refractivity contribution in [1.82, 2.24) is 15.0 Å². The zero-order valence-corrected chi connectivity index (χ0v) is 11.6. The van der Waals surface area contributed by atoms with Crippen LogP contribution >= 0.6 is 0 Å². The van der Waals surface area contributed by atoms with E-state index in [0.717, 1.165) is 6.26 Å². The smallest absolute Gasteiger partial charge is 0.260 e. The molecule has 8 heteroatoms. The van der Waals surface area contributed by atoms with E-state index in [1.54, 1.807) is 13.0 Å². The molecule has 1 heterocycles. The summed E-state index contributed by atoms with van der Waals surface area (Å²) in [4.78, 5) is 25.7. The summed E-state index contributed by atoms with van der Waals surface area (Å²) >= 11 is 0. The van der Waals surface area contributed by atoms with Crippen molar-refractivity contribution in [2.45, 2.75) is 13.3 Å². The number of hydrogen-bond donors (Lipinski definition) is 3. The molecular weight excluding hydrogens is 270 g/mol. The van der Waals surface area contributed by atoms with E-state index in [1.807, 2.05) is 0 Å². The number of sulfonamides is 1. The fourth-order valence-electron chi connectivity index (χ4n) is 1.39. The molecule has 0 aliphatic heterocycles. The lowest BCUT2D eigenvalue weighted by Gasteiger charge is -2.05. The van der Waals surface area contributed by atoms with Crippen molar-refractivity contribution in [2.24, 2.45) is 0 Å². The van der Waals surface area contributed by atoms with Gasteiger partial charge in [-0.3, -0.25) is 9.59 Å². The third-order valence-electron chi connectivity index (χ3n) is 2.30. The first-order valence-corrected chi connectivity index (χ1v) is 7.61. The Hall–Kier alpha value is -1.67. The maximum absolute atomic E-state index is 11.7. The maximum Gasteiger partial charge on any atom is 0.260 e. The van der Waals surface area contributed by atoms with E-state index in [9.17, 15) is 18.0 Å². The van der Waals surface area contributed by atoms with Crippen LogP contribution in [0.2, 0.25) is 0 Å². The number of aromatic nitrogens is 1. The molecule has 0 atom stereocenters. The van der Waals surface area contributed by atoms with Crippen LogP contribution in [0.25, 0.3) is 0 Å². The largest absolute Gasteiger partial charge is 0.352 e. The van der Waals surface area contributed by atoms with Gasteiger partial charge in [0, 0.05) is 18.8 Å². The van der Waals surface area contributed by atoms with Crippen molar-refractivity contribution >= 4 is 15.9 Å². The van der Waals surface area contributed by atoms with E-state index in [4.69, 9.17) is 0 Å². The molecule has 0 unspecified atom stereocenters. The number of aryl methyl sites for hydroxylation is 1. The molecule has 0 saturated carbocycles. The SMILES string of the molecule is Cc1ccc(C(=O)NCCCNS(C)(=O)=O)c(=O)[nH]1. The van der Waals surface area contributed by atoms with E-state index in [2.05, 4.69) is 15.0 Å². The molecule has 0 aromatic carbocycles. The quantitative estimate of drug-likeness (QED) is 0.604. The third-order valence-corrected chi connectivity index (χ3v) is 3.03. The predicted molar refractivity (Wildman–Crippen MR) is 71.6 cm³/mol. The van der Waals surface area contributed by atoms with E-state index in [1.165, 1.54) is 6.07 Å². The zero-order valence-electron chi connectivity index (χ0n) is 10.8. The van der Waals surface area contributed by atoms with E-state index < -0.39 is 21.5 Å². The van der Waals surface area contributed by atoms with Crippen molar-refractivity contribution in [2.75, 3.05) is 19.3 Å². The number of pyridine rings is 1. The van der Waals surface area contributed by atoms with Gasteiger partial charge >= 0.3 is 0 Å². The maximum atomic E-state index is 11.7. The van der Waals surface area contributed by atoms with Gasteiger partial charge in [0.2, 0.25) is 10.0 Å². The summed E-state index contributed by atoms with van der Waals surface area (Å²) in [6, 6.07) is 3.10. The highest BCUT2D eigenvalue weighted by Gasteiger charge is 2.09. The van der Waals surface area contributed by atoms with Gasteiger partial charge in [0.15, 0.2) is 0 Å². The van der Waals surface area contributed by atoms with Crippen molar-refractivity contribution in [1.29, 1.82) is 0 Å². The number of nitrogens with one attached hydrogen (secondary N) is 3. The van der Waals surface area contributed by atoms with Crippen LogP contribution in [0.15, 0.2) is 16.9 Å². The van der Waals surface area contributed by atoms with Gasteiger partial charge in [-0.15, -0.1) is 0 Å². The molecular formula is C11H17N3O4S. The number of aromatic amines is 1. The van der Waals surface area contributed by atoms with E-state index >= 15 is 0 Å². The Bertz CT molecular complexity index is 607. The summed E-state index contributed by atoms with van der Waals surface area (Å²) in [5, 5.41) is 2.55. The van der Waals surface area contributed by atoms with Crippen LogP contribution in [0.1, 0.15) is 22.5 Å². The Morgan fingerprint density at radius 3 is 2.58 bits per heavy atom. The van der Waals surface area contributed by atoms with Crippen LogP contribution in [0.3, 0.4) is 0 Å². The standard InChI is InChI=1S/C11H17N3O4S/c1-8-4-5-9(11(16)14-8)10(15)12-6-3-7-13-19(2,17)18/h4-5,13H,3,6-7H2,1-2H3,(H,12,15)(H,14,16). The lowest BCUT2D eigenvalue weighted by Crippen LogP contribution is -2.32.